The zero-order chi connectivity index (χ0) is 16.4. The minimum atomic E-state index is -5.15. The molecule has 1 fully saturated rings. The van der Waals surface area contributed by atoms with Crippen molar-refractivity contribution in [1.29, 1.82) is 0 Å². The lowest BCUT2D eigenvalue weighted by Crippen LogP contribution is -2.66. The Hall–Kier alpha value is -0.940. The van der Waals surface area contributed by atoms with E-state index in [-0.39, 0.29) is 0 Å². The molecule has 1 saturated heterocycles. The Morgan fingerprint density at radius 2 is 1.90 bits per heavy atom. The van der Waals surface area contributed by atoms with Gasteiger partial charge in [-0.3, -0.25) is 4.79 Å². The van der Waals surface area contributed by atoms with Gasteiger partial charge in [0.15, 0.2) is 6.29 Å². The van der Waals surface area contributed by atoms with Crippen LogP contribution < -0.4 is 5.32 Å². The number of rotatable bonds is 4. The first-order valence-corrected chi connectivity index (χ1v) is 6.23. The van der Waals surface area contributed by atoms with E-state index in [4.69, 9.17) is 14.6 Å². The van der Waals surface area contributed by atoms with Crippen LogP contribution in [0, 0.1) is 0 Å². The summed E-state index contributed by atoms with van der Waals surface area (Å²) in [5.41, 5.74) is 0. The van der Waals surface area contributed by atoms with E-state index in [9.17, 15) is 28.2 Å². The van der Waals surface area contributed by atoms with Crippen LogP contribution in [-0.4, -0.2) is 70.8 Å². The normalized spacial score (nSPS) is 34.0. The lowest BCUT2D eigenvalue weighted by Gasteiger charge is -2.42. The first kappa shape index (κ1) is 18.1. The fraction of sp³-hybridized carbons (Fsp3) is 0.909. The zero-order valence-electron chi connectivity index (χ0n) is 11.4. The fourth-order valence-electron chi connectivity index (χ4n) is 1.85. The molecule has 1 aliphatic rings. The second kappa shape index (κ2) is 6.88. The molecule has 0 radical (unpaired) electrons. The predicted octanol–water partition coefficient (Wildman–Crippen LogP) is -1.10. The van der Waals surface area contributed by atoms with Crippen LogP contribution in [0.4, 0.5) is 13.2 Å². The van der Waals surface area contributed by atoms with Crippen LogP contribution in [0.2, 0.25) is 0 Å². The largest absolute Gasteiger partial charge is 0.471 e. The molecule has 7 nitrogen and oxygen atoms in total. The number of carbonyl (C=O) groups is 1. The molecule has 0 aromatic carbocycles. The molecule has 0 bridgehead atoms. The molecule has 1 unspecified atom stereocenters. The molecule has 21 heavy (non-hydrogen) atoms. The highest BCUT2D eigenvalue weighted by Crippen LogP contribution is 2.24. The summed E-state index contributed by atoms with van der Waals surface area (Å²) in [6.45, 7) is 2.46. The van der Waals surface area contributed by atoms with Crippen LogP contribution in [0.1, 0.15) is 13.8 Å². The number of alkyl halides is 3. The average Bonchev–Trinajstić information content (AvgIpc) is 2.36. The highest BCUT2D eigenvalue weighted by molar-refractivity contribution is 5.82. The van der Waals surface area contributed by atoms with Gasteiger partial charge in [-0.05, 0) is 13.8 Å². The number of ether oxygens (including phenoxy) is 2. The maximum Gasteiger partial charge on any atom is 0.471 e. The monoisotopic (exact) mass is 317 g/mol. The molecule has 5 atom stereocenters. The van der Waals surface area contributed by atoms with Crippen LogP contribution in [0.5, 0.6) is 0 Å². The molecule has 4 N–H and O–H groups in total. The number of halogens is 3. The molecule has 124 valence electrons. The van der Waals surface area contributed by atoms with Gasteiger partial charge in [0.05, 0.1) is 12.7 Å². The van der Waals surface area contributed by atoms with Crippen molar-refractivity contribution in [1.82, 2.24) is 5.32 Å². The minimum Gasteiger partial charge on any atom is -0.394 e. The van der Waals surface area contributed by atoms with Crippen molar-refractivity contribution in [2.45, 2.75) is 56.8 Å². The van der Waals surface area contributed by atoms with Gasteiger partial charge < -0.3 is 30.1 Å². The van der Waals surface area contributed by atoms with Gasteiger partial charge in [0.25, 0.3) is 0 Å². The van der Waals surface area contributed by atoms with E-state index in [0.717, 1.165) is 0 Å². The summed E-state index contributed by atoms with van der Waals surface area (Å²) in [6.07, 6.45) is -11.8. The lowest BCUT2D eigenvalue weighted by molar-refractivity contribution is -0.280. The quantitative estimate of drug-likeness (QED) is 0.524. The number of aliphatic hydroxyl groups is 3. The number of amides is 1. The molecule has 0 aliphatic carbocycles. The molecular formula is C11H18F3NO6. The molecular weight excluding hydrogens is 299 g/mol. The van der Waals surface area contributed by atoms with Crippen molar-refractivity contribution in [3.8, 4) is 0 Å². The molecule has 10 heteroatoms. The Kier molecular flexibility index (Phi) is 5.93. The summed E-state index contributed by atoms with van der Waals surface area (Å²) in [7, 11) is 0. The summed E-state index contributed by atoms with van der Waals surface area (Å²) >= 11 is 0. The van der Waals surface area contributed by atoms with E-state index in [1.165, 1.54) is 5.32 Å². The lowest BCUT2D eigenvalue weighted by atomic mass is 9.97. The molecule has 1 amide bonds. The van der Waals surface area contributed by atoms with E-state index in [1.54, 1.807) is 13.8 Å². The minimum absolute atomic E-state index is 0.484. The van der Waals surface area contributed by atoms with Crippen LogP contribution in [-0.2, 0) is 14.3 Å². The van der Waals surface area contributed by atoms with Crippen molar-refractivity contribution in [2.24, 2.45) is 0 Å². The van der Waals surface area contributed by atoms with Gasteiger partial charge in [-0.15, -0.1) is 0 Å². The molecule has 0 aromatic heterocycles. The fourth-order valence-corrected chi connectivity index (χ4v) is 1.85. The Balaban J connectivity index is 2.91. The Bertz CT molecular complexity index is 364. The molecule has 1 heterocycles. The van der Waals surface area contributed by atoms with Crippen LogP contribution >= 0.6 is 0 Å². The summed E-state index contributed by atoms with van der Waals surface area (Å²) in [6, 6.07) is -1.63. The highest BCUT2D eigenvalue weighted by atomic mass is 19.4. The average molecular weight is 317 g/mol. The standard InChI is InChI=1S/C11H18F3NO6/c1-4(2)20-9-6(15-10(19)11(12,13)14)8(18)7(17)5(3-16)21-9/h4-9,16-18H,3H2,1-2H3,(H,15,19)/t5-,6-,7+,8-,9?/m1/s1. The van der Waals surface area contributed by atoms with Crippen LogP contribution in [0.25, 0.3) is 0 Å². The SMILES string of the molecule is CC(C)OC1O[C@H](CO)[C@H](O)[C@H](O)[C@H]1NC(=O)C(F)(F)F. The summed E-state index contributed by atoms with van der Waals surface area (Å²) in [5.74, 6) is -2.29. The number of carbonyl (C=O) groups excluding carboxylic acids is 1. The van der Waals surface area contributed by atoms with Gasteiger partial charge in [-0.25, -0.2) is 0 Å². The van der Waals surface area contributed by atoms with Crippen LogP contribution in [0.15, 0.2) is 0 Å². The topological polar surface area (TPSA) is 108 Å². The Morgan fingerprint density at radius 3 is 2.33 bits per heavy atom. The second-order valence-electron chi connectivity index (χ2n) is 4.89. The molecule has 1 aliphatic heterocycles. The summed E-state index contributed by atoms with van der Waals surface area (Å²) in [4.78, 5) is 11.0. The van der Waals surface area contributed by atoms with Crippen molar-refractivity contribution in [3.63, 3.8) is 0 Å². The van der Waals surface area contributed by atoms with E-state index < -0.39 is 55.4 Å². The van der Waals surface area contributed by atoms with Crippen molar-refractivity contribution >= 4 is 5.91 Å². The molecule has 0 aromatic rings. The van der Waals surface area contributed by atoms with Gasteiger partial charge in [0.1, 0.15) is 24.4 Å². The first-order chi connectivity index (χ1) is 9.57. The Labute approximate surface area is 118 Å². The predicted molar refractivity (Wildman–Crippen MR) is 62.0 cm³/mol. The highest BCUT2D eigenvalue weighted by Gasteiger charge is 2.49. The number of aliphatic hydroxyl groups excluding tert-OH is 3. The van der Waals surface area contributed by atoms with Crippen molar-refractivity contribution in [2.75, 3.05) is 6.61 Å². The first-order valence-electron chi connectivity index (χ1n) is 6.23. The smallest absolute Gasteiger partial charge is 0.394 e. The third-order valence-electron chi connectivity index (χ3n) is 2.84. The number of hydrogen-bond acceptors (Lipinski definition) is 6. The van der Waals surface area contributed by atoms with Gasteiger partial charge in [-0.2, -0.15) is 13.2 Å². The van der Waals surface area contributed by atoms with Crippen molar-refractivity contribution < 1.29 is 42.8 Å². The van der Waals surface area contributed by atoms with E-state index in [0.29, 0.717) is 0 Å². The molecule has 1 rings (SSSR count). The summed E-state index contributed by atoms with van der Waals surface area (Å²) < 4.78 is 47.1. The van der Waals surface area contributed by atoms with Gasteiger partial charge in [0.2, 0.25) is 0 Å². The second-order valence-corrected chi connectivity index (χ2v) is 4.89. The maximum atomic E-state index is 12.3. The van der Waals surface area contributed by atoms with Gasteiger partial charge >= 0.3 is 12.1 Å². The third kappa shape index (κ3) is 4.51. The number of nitrogens with one attached hydrogen (secondary N) is 1. The van der Waals surface area contributed by atoms with Gasteiger partial charge in [-0.1, -0.05) is 0 Å². The van der Waals surface area contributed by atoms with Gasteiger partial charge in [0, 0.05) is 0 Å². The van der Waals surface area contributed by atoms with E-state index >= 15 is 0 Å². The maximum absolute atomic E-state index is 12.3. The van der Waals surface area contributed by atoms with Crippen molar-refractivity contribution in [3.05, 3.63) is 0 Å². The summed E-state index contributed by atoms with van der Waals surface area (Å²) in [5, 5.41) is 30.0. The molecule has 0 spiro atoms. The molecule has 0 saturated carbocycles. The Morgan fingerprint density at radius 1 is 1.33 bits per heavy atom. The number of hydrogen-bond donors (Lipinski definition) is 4. The van der Waals surface area contributed by atoms with Crippen LogP contribution in [0.3, 0.4) is 0 Å². The zero-order valence-corrected chi connectivity index (χ0v) is 11.4. The third-order valence-corrected chi connectivity index (χ3v) is 2.84. The van der Waals surface area contributed by atoms with E-state index in [2.05, 4.69) is 0 Å². The van der Waals surface area contributed by atoms with E-state index in [1.807, 2.05) is 0 Å².